The molecule has 5 heteroatoms. The van der Waals surface area contributed by atoms with Gasteiger partial charge in [-0.1, -0.05) is 18.7 Å². The summed E-state index contributed by atoms with van der Waals surface area (Å²) in [4.78, 5) is 4.56. The molecule has 0 aromatic carbocycles. The summed E-state index contributed by atoms with van der Waals surface area (Å²) in [6.45, 7) is 3.04. The van der Waals surface area contributed by atoms with E-state index in [2.05, 4.69) is 22.3 Å². The fourth-order valence-corrected chi connectivity index (χ4v) is 2.78. The van der Waals surface area contributed by atoms with Crippen molar-refractivity contribution in [2.75, 3.05) is 12.3 Å². The predicted octanol–water partition coefficient (Wildman–Crippen LogP) is 1.43. The Morgan fingerprint density at radius 3 is 3.19 bits per heavy atom. The first-order valence-corrected chi connectivity index (χ1v) is 6.69. The molecule has 1 atom stereocenters. The van der Waals surface area contributed by atoms with Crippen LogP contribution in [-0.4, -0.2) is 33.3 Å². The first-order chi connectivity index (χ1) is 7.79. The highest BCUT2D eigenvalue weighted by atomic mass is 32.2. The van der Waals surface area contributed by atoms with Gasteiger partial charge in [-0.3, -0.25) is 9.67 Å². The van der Waals surface area contributed by atoms with Gasteiger partial charge >= 0.3 is 0 Å². The van der Waals surface area contributed by atoms with Crippen LogP contribution in [0.5, 0.6) is 0 Å². The van der Waals surface area contributed by atoms with Crippen molar-refractivity contribution in [3.05, 3.63) is 18.0 Å². The molecule has 4 nitrogen and oxygen atoms in total. The number of nitrogens with zero attached hydrogens (tertiary/aromatic N) is 3. The number of amidine groups is 1. The molecule has 2 rings (SSSR count). The molecule has 0 spiro atoms. The van der Waals surface area contributed by atoms with Crippen LogP contribution < -0.4 is 5.32 Å². The molecule has 2 heterocycles. The molecule has 1 aliphatic rings. The van der Waals surface area contributed by atoms with Crippen LogP contribution in [0.2, 0.25) is 0 Å². The van der Waals surface area contributed by atoms with Crippen molar-refractivity contribution < 1.29 is 0 Å². The SMILES string of the molecule is CCC1CSC(=NCCc2ccnn2C)N1. The summed E-state index contributed by atoms with van der Waals surface area (Å²) in [5.41, 5.74) is 1.24. The van der Waals surface area contributed by atoms with Gasteiger partial charge < -0.3 is 5.32 Å². The molecule has 0 bridgehead atoms. The van der Waals surface area contributed by atoms with Crippen molar-refractivity contribution in [2.45, 2.75) is 25.8 Å². The maximum atomic E-state index is 4.56. The van der Waals surface area contributed by atoms with E-state index in [1.807, 2.05) is 35.8 Å². The van der Waals surface area contributed by atoms with Gasteiger partial charge in [0.25, 0.3) is 0 Å². The van der Waals surface area contributed by atoms with Gasteiger partial charge in [0.05, 0.1) is 0 Å². The minimum atomic E-state index is 0.612. The Balaban J connectivity index is 1.80. The number of aromatic nitrogens is 2. The lowest BCUT2D eigenvalue weighted by atomic mass is 10.3. The lowest BCUT2D eigenvalue weighted by Crippen LogP contribution is -2.26. The average Bonchev–Trinajstić information content (AvgIpc) is 2.89. The van der Waals surface area contributed by atoms with Gasteiger partial charge in [-0.15, -0.1) is 0 Å². The first kappa shape index (κ1) is 11.5. The van der Waals surface area contributed by atoms with E-state index in [-0.39, 0.29) is 0 Å². The molecular formula is C11H18N4S. The predicted molar refractivity (Wildman–Crippen MR) is 68.9 cm³/mol. The second-order valence-corrected chi connectivity index (χ2v) is 4.95. The molecule has 0 radical (unpaired) electrons. The number of hydrogen-bond acceptors (Lipinski definition) is 3. The van der Waals surface area contributed by atoms with E-state index in [1.165, 1.54) is 12.1 Å². The molecule has 1 aromatic rings. The van der Waals surface area contributed by atoms with Crippen LogP contribution in [0.3, 0.4) is 0 Å². The summed E-state index contributed by atoms with van der Waals surface area (Å²) in [6.07, 6.45) is 3.96. The Hall–Kier alpha value is -0.970. The highest BCUT2D eigenvalue weighted by Gasteiger charge is 2.17. The minimum Gasteiger partial charge on any atom is -0.361 e. The number of aryl methyl sites for hydroxylation is 1. The summed E-state index contributed by atoms with van der Waals surface area (Å²) in [5.74, 6) is 1.15. The molecule has 0 amide bonds. The lowest BCUT2D eigenvalue weighted by Gasteiger charge is -2.04. The number of aliphatic imine (C=N–C) groups is 1. The van der Waals surface area contributed by atoms with Gasteiger partial charge in [0.15, 0.2) is 5.17 Å². The van der Waals surface area contributed by atoms with Crippen LogP contribution in [0.1, 0.15) is 19.0 Å². The van der Waals surface area contributed by atoms with Crippen molar-refractivity contribution in [1.82, 2.24) is 15.1 Å². The molecule has 0 aliphatic carbocycles. The van der Waals surface area contributed by atoms with Crippen molar-refractivity contribution in [3.8, 4) is 0 Å². The third-order valence-corrected chi connectivity index (χ3v) is 3.88. The third-order valence-electron chi connectivity index (χ3n) is 2.79. The largest absolute Gasteiger partial charge is 0.361 e. The summed E-state index contributed by atoms with van der Waals surface area (Å²) in [6, 6.07) is 2.66. The summed E-state index contributed by atoms with van der Waals surface area (Å²) in [5, 5.41) is 8.67. The Morgan fingerprint density at radius 1 is 1.69 bits per heavy atom. The third kappa shape index (κ3) is 2.78. The Kier molecular flexibility index (Phi) is 3.88. The highest BCUT2D eigenvalue weighted by Crippen LogP contribution is 2.15. The molecule has 1 N–H and O–H groups in total. The second kappa shape index (κ2) is 5.39. The highest BCUT2D eigenvalue weighted by molar-refractivity contribution is 8.14. The second-order valence-electron chi connectivity index (χ2n) is 3.94. The van der Waals surface area contributed by atoms with Gasteiger partial charge in [-0.25, -0.2) is 0 Å². The summed E-state index contributed by atoms with van der Waals surface area (Å²) < 4.78 is 1.91. The van der Waals surface area contributed by atoms with Crippen LogP contribution in [0.15, 0.2) is 17.3 Å². The van der Waals surface area contributed by atoms with Gasteiger partial charge in [0.2, 0.25) is 0 Å². The zero-order valence-electron chi connectivity index (χ0n) is 9.81. The average molecular weight is 238 g/mol. The van der Waals surface area contributed by atoms with Crippen LogP contribution in [-0.2, 0) is 13.5 Å². The summed E-state index contributed by atoms with van der Waals surface area (Å²) in [7, 11) is 1.97. The van der Waals surface area contributed by atoms with E-state index in [1.54, 1.807) is 0 Å². The molecule has 88 valence electrons. The standard InChI is InChI=1S/C11H18N4S/c1-3-9-8-16-11(14-9)12-6-4-10-5-7-13-15(10)2/h5,7,9H,3-4,6,8H2,1-2H3,(H,12,14). The zero-order chi connectivity index (χ0) is 11.4. The minimum absolute atomic E-state index is 0.612. The van der Waals surface area contributed by atoms with Gasteiger partial charge in [0.1, 0.15) is 0 Å². The van der Waals surface area contributed by atoms with Crippen LogP contribution >= 0.6 is 11.8 Å². The fourth-order valence-electron chi connectivity index (χ4n) is 1.67. The van der Waals surface area contributed by atoms with Gasteiger partial charge in [0, 0.05) is 43.7 Å². The fraction of sp³-hybridized carbons (Fsp3) is 0.636. The van der Waals surface area contributed by atoms with E-state index in [0.29, 0.717) is 6.04 Å². The van der Waals surface area contributed by atoms with E-state index < -0.39 is 0 Å². The topological polar surface area (TPSA) is 42.2 Å². The Morgan fingerprint density at radius 2 is 2.56 bits per heavy atom. The van der Waals surface area contributed by atoms with Crippen molar-refractivity contribution in [2.24, 2.45) is 12.0 Å². The molecule has 1 saturated heterocycles. The molecule has 0 saturated carbocycles. The number of thioether (sulfide) groups is 1. The van der Waals surface area contributed by atoms with E-state index in [4.69, 9.17) is 0 Å². The van der Waals surface area contributed by atoms with Crippen molar-refractivity contribution in [3.63, 3.8) is 0 Å². The van der Waals surface area contributed by atoms with E-state index >= 15 is 0 Å². The normalized spacial score (nSPS) is 22.6. The van der Waals surface area contributed by atoms with Crippen LogP contribution in [0.25, 0.3) is 0 Å². The lowest BCUT2D eigenvalue weighted by molar-refractivity contribution is 0.665. The quantitative estimate of drug-likeness (QED) is 0.863. The smallest absolute Gasteiger partial charge is 0.156 e. The van der Waals surface area contributed by atoms with Crippen LogP contribution in [0.4, 0.5) is 0 Å². The Bertz CT molecular complexity index is 372. The van der Waals surface area contributed by atoms with E-state index in [0.717, 1.165) is 23.9 Å². The zero-order valence-corrected chi connectivity index (χ0v) is 10.6. The van der Waals surface area contributed by atoms with Crippen molar-refractivity contribution >= 4 is 16.9 Å². The van der Waals surface area contributed by atoms with Crippen LogP contribution in [0, 0.1) is 0 Å². The number of nitrogens with one attached hydrogen (secondary N) is 1. The first-order valence-electron chi connectivity index (χ1n) is 5.70. The summed E-state index contributed by atoms with van der Waals surface area (Å²) >= 11 is 1.83. The van der Waals surface area contributed by atoms with Crippen molar-refractivity contribution in [1.29, 1.82) is 0 Å². The Labute approximate surface area is 101 Å². The number of rotatable bonds is 4. The van der Waals surface area contributed by atoms with Gasteiger partial charge in [-0.05, 0) is 12.5 Å². The molecular weight excluding hydrogens is 220 g/mol. The maximum absolute atomic E-state index is 4.56. The molecule has 16 heavy (non-hydrogen) atoms. The molecule has 1 unspecified atom stereocenters. The molecule has 1 fully saturated rings. The molecule has 1 aliphatic heterocycles. The maximum Gasteiger partial charge on any atom is 0.156 e. The van der Waals surface area contributed by atoms with E-state index in [9.17, 15) is 0 Å². The van der Waals surface area contributed by atoms with Gasteiger partial charge in [-0.2, -0.15) is 5.10 Å². The monoisotopic (exact) mass is 238 g/mol. The molecule has 1 aromatic heterocycles. The number of hydrogen-bond donors (Lipinski definition) is 1.